The predicted octanol–water partition coefficient (Wildman–Crippen LogP) is 1.82. The molecule has 4 nitrogen and oxygen atoms in total. The van der Waals surface area contributed by atoms with Crippen LogP contribution in [0, 0.1) is 11.8 Å². The summed E-state index contributed by atoms with van der Waals surface area (Å²) in [4.78, 5) is 22.2. The van der Waals surface area contributed by atoms with E-state index in [0.717, 1.165) is 0 Å². The maximum Gasteiger partial charge on any atom is 0.308 e. The monoisotopic (exact) mass is 227 g/mol. The standard InChI is InChI=1S/C12H21NO3/c1-4-5-6-11(14)13-8-10(12(15)16)7-9(2)3/h4,9-10H,1,5-8H2,2-3H3,(H,13,14)(H,15,16). The molecule has 0 bridgehead atoms. The molecule has 0 saturated carbocycles. The summed E-state index contributed by atoms with van der Waals surface area (Å²) in [5, 5.41) is 11.6. The number of allylic oxidation sites excluding steroid dienone is 1. The highest BCUT2D eigenvalue weighted by molar-refractivity contribution is 5.77. The van der Waals surface area contributed by atoms with Gasteiger partial charge in [0.1, 0.15) is 0 Å². The molecule has 1 unspecified atom stereocenters. The third-order valence-corrected chi connectivity index (χ3v) is 2.23. The number of carbonyl (C=O) groups excluding carboxylic acids is 1. The SMILES string of the molecule is C=CCCC(=O)NCC(CC(C)C)C(=O)O. The zero-order valence-corrected chi connectivity index (χ0v) is 10.0. The molecule has 1 amide bonds. The quantitative estimate of drug-likeness (QED) is 0.621. The lowest BCUT2D eigenvalue weighted by molar-refractivity contribution is -0.142. The molecule has 0 aromatic heterocycles. The Kier molecular flexibility index (Phi) is 7.25. The molecule has 0 heterocycles. The van der Waals surface area contributed by atoms with E-state index in [4.69, 9.17) is 5.11 Å². The molecule has 2 N–H and O–H groups in total. The molecule has 0 fully saturated rings. The highest BCUT2D eigenvalue weighted by atomic mass is 16.4. The van der Waals surface area contributed by atoms with E-state index in [1.165, 1.54) is 0 Å². The van der Waals surface area contributed by atoms with E-state index in [0.29, 0.717) is 25.2 Å². The molecule has 0 aliphatic carbocycles. The van der Waals surface area contributed by atoms with Gasteiger partial charge >= 0.3 is 5.97 Å². The van der Waals surface area contributed by atoms with Gasteiger partial charge in [0.15, 0.2) is 0 Å². The van der Waals surface area contributed by atoms with Gasteiger partial charge in [-0.15, -0.1) is 6.58 Å². The molecular weight excluding hydrogens is 206 g/mol. The molecule has 0 aliphatic heterocycles. The van der Waals surface area contributed by atoms with Crippen molar-refractivity contribution in [2.24, 2.45) is 11.8 Å². The minimum atomic E-state index is -0.849. The topological polar surface area (TPSA) is 66.4 Å². The Bertz CT molecular complexity index is 249. The van der Waals surface area contributed by atoms with Crippen LogP contribution in [0.4, 0.5) is 0 Å². The number of carbonyl (C=O) groups is 2. The zero-order valence-electron chi connectivity index (χ0n) is 10.0. The largest absolute Gasteiger partial charge is 0.481 e. The van der Waals surface area contributed by atoms with Gasteiger partial charge in [-0.25, -0.2) is 0 Å². The Balaban J connectivity index is 3.96. The first-order valence-electron chi connectivity index (χ1n) is 5.57. The van der Waals surface area contributed by atoms with E-state index in [-0.39, 0.29) is 12.5 Å². The average molecular weight is 227 g/mol. The van der Waals surface area contributed by atoms with E-state index in [2.05, 4.69) is 11.9 Å². The molecule has 0 rings (SSSR count). The molecule has 0 spiro atoms. The third kappa shape index (κ3) is 7.04. The van der Waals surface area contributed by atoms with Crippen molar-refractivity contribution in [2.75, 3.05) is 6.54 Å². The third-order valence-electron chi connectivity index (χ3n) is 2.23. The Morgan fingerprint density at radius 2 is 2.06 bits per heavy atom. The lowest BCUT2D eigenvalue weighted by atomic mass is 9.97. The summed E-state index contributed by atoms with van der Waals surface area (Å²) in [5.41, 5.74) is 0. The van der Waals surface area contributed by atoms with Crippen molar-refractivity contribution in [1.82, 2.24) is 5.32 Å². The maximum atomic E-state index is 11.3. The molecule has 0 aliphatic rings. The Hall–Kier alpha value is -1.32. The molecule has 0 radical (unpaired) electrons. The number of amides is 1. The van der Waals surface area contributed by atoms with E-state index >= 15 is 0 Å². The fourth-order valence-corrected chi connectivity index (χ4v) is 1.40. The van der Waals surface area contributed by atoms with Crippen molar-refractivity contribution in [3.05, 3.63) is 12.7 Å². The first kappa shape index (κ1) is 14.7. The Morgan fingerprint density at radius 1 is 1.44 bits per heavy atom. The lowest BCUT2D eigenvalue weighted by Gasteiger charge is -2.15. The fourth-order valence-electron chi connectivity index (χ4n) is 1.40. The van der Waals surface area contributed by atoms with Gasteiger partial charge in [-0.05, 0) is 18.8 Å². The first-order chi connectivity index (χ1) is 7.47. The van der Waals surface area contributed by atoms with E-state index < -0.39 is 11.9 Å². The van der Waals surface area contributed by atoms with Gasteiger partial charge in [-0.1, -0.05) is 19.9 Å². The number of rotatable bonds is 8. The number of aliphatic carboxylic acids is 1. The molecule has 1 atom stereocenters. The summed E-state index contributed by atoms with van der Waals surface area (Å²) in [5.74, 6) is -1.15. The molecule has 4 heteroatoms. The van der Waals surface area contributed by atoms with Crippen LogP contribution in [0.1, 0.15) is 33.1 Å². The van der Waals surface area contributed by atoms with Gasteiger partial charge in [-0.2, -0.15) is 0 Å². The zero-order chi connectivity index (χ0) is 12.6. The van der Waals surface area contributed by atoms with Gasteiger partial charge in [-0.3, -0.25) is 9.59 Å². The summed E-state index contributed by atoms with van der Waals surface area (Å²) in [7, 11) is 0. The van der Waals surface area contributed by atoms with Crippen LogP contribution in [0.2, 0.25) is 0 Å². The van der Waals surface area contributed by atoms with Gasteiger partial charge in [0.25, 0.3) is 0 Å². The number of carboxylic acid groups (broad SMARTS) is 1. The van der Waals surface area contributed by atoms with E-state index in [9.17, 15) is 9.59 Å². The second kappa shape index (κ2) is 7.91. The number of hydrogen-bond donors (Lipinski definition) is 2. The van der Waals surface area contributed by atoms with Crippen molar-refractivity contribution in [2.45, 2.75) is 33.1 Å². The van der Waals surface area contributed by atoms with Crippen LogP contribution in [0.25, 0.3) is 0 Å². The van der Waals surface area contributed by atoms with Crippen molar-refractivity contribution in [3.63, 3.8) is 0 Å². The molecular formula is C12H21NO3. The van der Waals surface area contributed by atoms with Crippen LogP contribution in [0.3, 0.4) is 0 Å². The second-order valence-corrected chi connectivity index (χ2v) is 4.30. The highest BCUT2D eigenvalue weighted by Crippen LogP contribution is 2.11. The number of hydrogen-bond acceptors (Lipinski definition) is 2. The van der Waals surface area contributed by atoms with Crippen LogP contribution in [-0.4, -0.2) is 23.5 Å². The van der Waals surface area contributed by atoms with Crippen molar-refractivity contribution in [1.29, 1.82) is 0 Å². The van der Waals surface area contributed by atoms with E-state index in [1.807, 2.05) is 13.8 Å². The normalized spacial score (nSPS) is 12.2. The first-order valence-corrected chi connectivity index (χ1v) is 5.57. The van der Waals surface area contributed by atoms with Gasteiger partial charge < -0.3 is 10.4 Å². The maximum absolute atomic E-state index is 11.3. The van der Waals surface area contributed by atoms with Crippen molar-refractivity contribution >= 4 is 11.9 Å². The van der Waals surface area contributed by atoms with E-state index in [1.54, 1.807) is 6.08 Å². The second-order valence-electron chi connectivity index (χ2n) is 4.30. The van der Waals surface area contributed by atoms with Crippen LogP contribution >= 0.6 is 0 Å². The summed E-state index contributed by atoms with van der Waals surface area (Å²) >= 11 is 0. The lowest BCUT2D eigenvalue weighted by Crippen LogP contribution is -2.33. The van der Waals surface area contributed by atoms with Crippen molar-refractivity contribution in [3.8, 4) is 0 Å². The predicted molar refractivity (Wildman–Crippen MR) is 63.0 cm³/mol. The van der Waals surface area contributed by atoms with Crippen LogP contribution in [-0.2, 0) is 9.59 Å². The summed E-state index contributed by atoms with van der Waals surface area (Å²) in [6.07, 6.45) is 3.24. The number of nitrogens with one attached hydrogen (secondary N) is 1. The molecule has 0 saturated heterocycles. The molecule has 92 valence electrons. The minimum Gasteiger partial charge on any atom is -0.481 e. The minimum absolute atomic E-state index is 0.116. The molecule has 0 aromatic rings. The average Bonchev–Trinajstić information content (AvgIpc) is 2.20. The Labute approximate surface area is 96.7 Å². The number of carboxylic acids is 1. The summed E-state index contributed by atoms with van der Waals surface area (Å²) in [6.45, 7) is 7.67. The summed E-state index contributed by atoms with van der Waals surface area (Å²) < 4.78 is 0. The van der Waals surface area contributed by atoms with Crippen LogP contribution < -0.4 is 5.32 Å². The molecule has 16 heavy (non-hydrogen) atoms. The highest BCUT2D eigenvalue weighted by Gasteiger charge is 2.19. The van der Waals surface area contributed by atoms with Gasteiger partial charge in [0.05, 0.1) is 5.92 Å². The van der Waals surface area contributed by atoms with Crippen molar-refractivity contribution < 1.29 is 14.7 Å². The Morgan fingerprint density at radius 3 is 2.50 bits per heavy atom. The van der Waals surface area contributed by atoms with Crippen LogP contribution in [0.5, 0.6) is 0 Å². The van der Waals surface area contributed by atoms with Crippen LogP contribution in [0.15, 0.2) is 12.7 Å². The summed E-state index contributed by atoms with van der Waals surface area (Å²) in [6, 6.07) is 0. The van der Waals surface area contributed by atoms with Gasteiger partial charge in [0, 0.05) is 13.0 Å². The smallest absolute Gasteiger partial charge is 0.308 e. The fraction of sp³-hybridized carbons (Fsp3) is 0.667. The van der Waals surface area contributed by atoms with Gasteiger partial charge in [0.2, 0.25) is 5.91 Å². The molecule has 0 aromatic carbocycles.